The van der Waals surface area contributed by atoms with Gasteiger partial charge in [-0.05, 0) is 32.0 Å². The van der Waals surface area contributed by atoms with Crippen LogP contribution in [-0.2, 0) is 20.8 Å². The number of hydrogen-bond donors (Lipinski definition) is 2. The molecule has 2 aliphatic heterocycles. The Bertz CT molecular complexity index is 1290. The van der Waals surface area contributed by atoms with Crippen molar-refractivity contribution in [3.63, 3.8) is 0 Å². The molecule has 2 aliphatic rings. The zero-order chi connectivity index (χ0) is 26.0. The lowest BCUT2D eigenvalue weighted by Crippen LogP contribution is -2.54. The van der Waals surface area contributed by atoms with Crippen molar-refractivity contribution in [2.24, 2.45) is 4.99 Å². The molecule has 0 aliphatic carbocycles. The summed E-state index contributed by atoms with van der Waals surface area (Å²) in [7, 11) is 3.23. The molecule has 2 heterocycles. The van der Waals surface area contributed by atoms with E-state index in [1.807, 2.05) is 56.1 Å². The van der Waals surface area contributed by atoms with E-state index in [2.05, 4.69) is 15.8 Å². The second-order valence-corrected chi connectivity index (χ2v) is 8.89. The van der Waals surface area contributed by atoms with Crippen molar-refractivity contribution in [1.82, 2.24) is 15.8 Å². The molecule has 10 nitrogen and oxygen atoms in total. The van der Waals surface area contributed by atoms with Gasteiger partial charge in [-0.1, -0.05) is 42.5 Å². The Morgan fingerprint density at radius 2 is 1.94 bits per heavy atom. The molecule has 10 heteroatoms. The number of esters is 1. The van der Waals surface area contributed by atoms with Crippen molar-refractivity contribution in [2.75, 3.05) is 14.2 Å². The van der Waals surface area contributed by atoms with Gasteiger partial charge in [-0.3, -0.25) is 25.4 Å². The van der Waals surface area contributed by atoms with Gasteiger partial charge in [0.15, 0.2) is 0 Å². The van der Waals surface area contributed by atoms with Gasteiger partial charge in [0.25, 0.3) is 5.69 Å². The number of methoxy groups -OCH3 is 1. The maximum Gasteiger partial charge on any atom is 0.336 e. The third-order valence-electron chi connectivity index (χ3n) is 6.46. The van der Waals surface area contributed by atoms with Gasteiger partial charge in [-0.15, -0.1) is 0 Å². The first-order chi connectivity index (χ1) is 17.1. The number of hydrazine groups is 1. The van der Waals surface area contributed by atoms with Crippen molar-refractivity contribution in [3.8, 4) is 0 Å². The summed E-state index contributed by atoms with van der Waals surface area (Å²) in [5.41, 5.74) is 9.89. The molecule has 188 valence electrons. The topological polar surface area (TPSA) is 118 Å². The predicted molar refractivity (Wildman–Crippen MR) is 134 cm³/mol. The van der Waals surface area contributed by atoms with E-state index in [1.165, 1.54) is 19.2 Å². The average Bonchev–Trinajstić information content (AvgIpc) is 3.26. The minimum absolute atomic E-state index is 0.0789. The van der Waals surface area contributed by atoms with Gasteiger partial charge in [0.05, 0.1) is 23.5 Å². The van der Waals surface area contributed by atoms with Gasteiger partial charge < -0.3 is 9.47 Å². The highest BCUT2D eigenvalue weighted by atomic mass is 16.6. The van der Waals surface area contributed by atoms with Crippen molar-refractivity contribution < 1.29 is 19.2 Å². The van der Waals surface area contributed by atoms with Gasteiger partial charge in [-0.25, -0.2) is 4.79 Å². The van der Waals surface area contributed by atoms with Crippen LogP contribution < -0.4 is 10.9 Å². The summed E-state index contributed by atoms with van der Waals surface area (Å²) in [6.45, 7) is 6.04. The van der Waals surface area contributed by atoms with E-state index in [-0.39, 0.29) is 5.69 Å². The monoisotopic (exact) mass is 491 g/mol. The molecule has 2 aromatic rings. The average molecular weight is 492 g/mol. The number of nitro groups is 1. The largest absolute Gasteiger partial charge is 0.466 e. The van der Waals surface area contributed by atoms with Crippen LogP contribution in [0.25, 0.3) is 0 Å². The number of benzene rings is 2. The van der Waals surface area contributed by atoms with Crippen molar-refractivity contribution >= 4 is 17.4 Å². The minimum atomic E-state index is -0.923. The fraction of sp³-hybridized carbons (Fsp3) is 0.308. The summed E-state index contributed by atoms with van der Waals surface area (Å²) in [5, 5.41) is 11.5. The maximum absolute atomic E-state index is 12.9. The molecular formula is C26H29N5O5. The van der Waals surface area contributed by atoms with Gasteiger partial charge >= 0.3 is 5.97 Å². The minimum Gasteiger partial charge on any atom is -0.466 e. The summed E-state index contributed by atoms with van der Waals surface area (Å²) in [6.07, 6.45) is 0. The number of carbonyl (C=O) groups is 1. The zero-order valence-electron chi connectivity index (χ0n) is 20.9. The van der Waals surface area contributed by atoms with Crippen LogP contribution in [0.2, 0.25) is 0 Å². The first kappa shape index (κ1) is 25.1. The van der Waals surface area contributed by atoms with Crippen molar-refractivity contribution in [3.05, 3.63) is 98.6 Å². The van der Waals surface area contributed by atoms with E-state index in [0.29, 0.717) is 40.5 Å². The van der Waals surface area contributed by atoms with E-state index in [9.17, 15) is 14.9 Å². The number of allylic oxidation sites excluding steroid dienone is 2. The number of carbonyl (C=O) groups excluding carboxylic acids is 1. The van der Waals surface area contributed by atoms with Crippen LogP contribution >= 0.6 is 0 Å². The van der Waals surface area contributed by atoms with Crippen LogP contribution in [0.5, 0.6) is 0 Å². The summed E-state index contributed by atoms with van der Waals surface area (Å²) < 4.78 is 11.5. The summed E-state index contributed by atoms with van der Waals surface area (Å²) in [6, 6.07) is 16.2. The molecule has 2 N–H and O–H groups in total. The highest BCUT2D eigenvalue weighted by Crippen LogP contribution is 2.42. The van der Waals surface area contributed by atoms with Gasteiger partial charge in [0.1, 0.15) is 0 Å². The molecule has 1 saturated heterocycles. The van der Waals surface area contributed by atoms with E-state index in [4.69, 9.17) is 9.47 Å². The smallest absolute Gasteiger partial charge is 0.336 e. The molecule has 4 rings (SSSR count). The Kier molecular flexibility index (Phi) is 6.91. The third-order valence-corrected chi connectivity index (χ3v) is 6.46. The number of ether oxygens (including phenoxy) is 2. The van der Waals surface area contributed by atoms with Crippen molar-refractivity contribution in [1.29, 1.82) is 0 Å². The first-order valence-electron chi connectivity index (χ1n) is 11.4. The van der Waals surface area contributed by atoms with E-state index < -0.39 is 22.7 Å². The van der Waals surface area contributed by atoms with E-state index >= 15 is 0 Å². The number of non-ortho nitro benzene ring substituents is 1. The fourth-order valence-corrected chi connectivity index (χ4v) is 4.48. The second-order valence-electron chi connectivity index (χ2n) is 8.89. The Balaban J connectivity index is 1.78. The molecule has 0 amide bonds. The molecule has 2 unspecified atom stereocenters. The van der Waals surface area contributed by atoms with Crippen LogP contribution in [0.3, 0.4) is 0 Å². The SMILES string of the molecule is COC(=O)C1=C(C)N=C(C)C(=C2NNC(C)(N(C)Cc3ccccc3)O2)C1c1cccc([N+](=O)[O-])c1. The molecule has 2 aromatic carbocycles. The lowest BCUT2D eigenvalue weighted by Gasteiger charge is -2.33. The van der Waals surface area contributed by atoms with Crippen LogP contribution in [0.1, 0.15) is 37.8 Å². The maximum atomic E-state index is 12.9. The molecule has 2 atom stereocenters. The molecule has 0 spiro atoms. The number of nitrogens with zero attached hydrogens (tertiary/aromatic N) is 3. The van der Waals surface area contributed by atoms with Gasteiger partial charge in [0.2, 0.25) is 11.7 Å². The molecule has 0 bridgehead atoms. The lowest BCUT2D eigenvalue weighted by atomic mass is 9.79. The molecule has 36 heavy (non-hydrogen) atoms. The molecule has 0 aromatic heterocycles. The number of rotatable bonds is 6. The normalized spacial score (nSPS) is 23.7. The van der Waals surface area contributed by atoms with Crippen LogP contribution in [0.15, 0.2) is 82.3 Å². The number of hydrogen-bond acceptors (Lipinski definition) is 9. The number of nitrogens with one attached hydrogen (secondary N) is 2. The number of nitro benzene ring substituents is 1. The highest BCUT2D eigenvalue weighted by molar-refractivity contribution is 6.06. The molecule has 0 radical (unpaired) electrons. The second kappa shape index (κ2) is 9.92. The van der Waals surface area contributed by atoms with Crippen LogP contribution in [0, 0.1) is 10.1 Å². The Morgan fingerprint density at radius 1 is 1.22 bits per heavy atom. The molecule has 0 saturated carbocycles. The summed E-state index contributed by atoms with van der Waals surface area (Å²) in [5.74, 6) is -1.80. The quantitative estimate of drug-likeness (QED) is 0.356. The predicted octanol–water partition coefficient (Wildman–Crippen LogP) is 3.74. The van der Waals surface area contributed by atoms with E-state index in [0.717, 1.165) is 5.56 Å². The fourth-order valence-electron chi connectivity index (χ4n) is 4.48. The lowest BCUT2D eigenvalue weighted by molar-refractivity contribution is -0.384. The molecule has 1 fully saturated rings. The Morgan fingerprint density at radius 3 is 2.61 bits per heavy atom. The Hall–Kier alpha value is -4.02. The summed E-state index contributed by atoms with van der Waals surface area (Å²) >= 11 is 0. The summed E-state index contributed by atoms with van der Waals surface area (Å²) in [4.78, 5) is 30.5. The third kappa shape index (κ3) is 4.73. The van der Waals surface area contributed by atoms with Gasteiger partial charge in [-0.2, -0.15) is 5.43 Å². The van der Waals surface area contributed by atoms with Crippen LogP contribution in [-0.4, -0.2) is 41.5 Å². The van der Waals surface area contributed by atoms with Crippen LogP contribution in [0.4, 0.5) is 5.69 Å². The highest BCUT2D eigenvalue weighted by Gasteiger charge is 2.43. The number of aliphatic imine (C=N–C) groups is 1. The zero-order valence-corrected chi connectivity index (χ0v) is 20.9. The standard InChI is InChI=1S/C26H29N5O5/c1-16-21(24-28-29-26(3,36-24)30(4)15-18-10-7-6-8-11-18)23(22(17(2)27-16)25(32)35-5)19-12-9-13-20(14-19)31(33)34/h6-14,23,28-29H,15H2,1-5H3. The Labute approximate surface area is 209 Å². The first-order valence-corrected chi connectivity index (χ1v) is 11.4. The molecular weight excluding hydrogens is 462 g/mol. The van der Waals surface area contributed by atoms with Crippen molar-refractivity contribution in [2.45, 2.75) is 39.1 Å². The van der Waals surface area contributed by atoms with E-state index in [1.54, 1.807) is 19.1 Å². The van der Waals surface area contributed by atoms with Gasteiger partial charge in [0, 0.05) is 42.6 Å².